The molecule has 7 nitrogen and oxygen atoms in total. The highest BCUT2D eigenvalue weighted by Gasteiger charge is 2.19. The van der Waals surface area contributed by atoms with E-state index in [1.54, 1.807) is 29.8 Å². The normalized spacial score (nSPS) is 11.3. The molecular formula is C20H24N4O3. The number of carbonyl (C=O) groups is 1. The van der Waals surface area contributed by atoms with E-state index in [0.717, 1.165) is 18.5 Å². The number of nitrogens with zero attached hydrogens (tertiary/aromatic N) is 3. The van der Waals surface area contributed by atoms with Crippen molar-refractivity contribution >= 4 is 17.0 Å². The first kappa shape index (κ1) is 18.8. The Kier molecular flexibility index (Phi) is 5.69. The summed E-state index contributed by atoms with van der Waals surface area (Å²) in [4.78, 5) is 28.8. The zero-order valence-electron chi connectivity index (χ0n) is 15.9. The Morgan fingerprint density at radius 3 is 2.85 bits per heavy atom. The standard InChI is InChI=1S/C20H24N4O3/c1-13(2)16-12-15(18-14(3)23-27-20(18)22-16)19(26)21-9-5-7-11-24-10-6-4-8-17(24)25/h4,6,8,10,12-13H,5,7,9,11H2,1-3H3,(H,21,26). The molecule has 0 saturated carbocycles. The highest BCUT2D eigenvalue weighted by molar-refractivity contribution is 6.06. The van der Waals surface area contributed by atoms with Gasteiger partial charge in [0.05, 0.1) is 16.6 Å². The molecular weight excluding hydrogens is 344 g/mol. The van der Waals surface area contributed by atoms with Gasteiger partial charge in [0.2, 0.25) is 5.56 Å². The number of nitrogens with one attached hydrogen (secondary N) is 1. The molecule has 0 bridgehead atoms. The molecule has 142 valence electrons. The molecule has 3 aromatic heterocycles. The number of aryl methyl sites for hydroxylation is 2. The number of carbonyl (C=O) groups excluding carboxylic acids is 1. The molecule has 0 aliphatic rings. The van der Waals surface area contributed by atoms with E-state index >= 15 is 0 Å². The Morgan fingerprint density at radius 2 is 2.11 bits per heavy atom. The number of aromatic nitrogens is 3. The predicted molar refractivity (Wildman–Crippen MR) is 103 cm³/mol. The molecule has 1 amide bonds. The summed E-state index contributed by atoms with van der Waals surface area (Å²) in [5, 5.41) is 7.55. The second-order valence-corrected chi connectivity index (χ2v) is 6.89. The van der Waals surface area contributed by atoms with Crippen LogP contribution in [0.15, 0.2) is 39.8 Å². The topological polar surface area (TPSA) is 90.0 Å². The van der Waals surface area contributed by atoms with Crippen LogP contribution in [0.1, 0.15) is 54.4 Å². The Hall–Kier alpha value is -2.96. The van der Waals surface area contributed by atoms with Crippen molar-refractivity contribution < 1.29 is 9.32 Å². The number of pyridine rings is 2. The lowest BCUT2D eigenvalue weighted by Gasteiger charge is -2.10. The van der Waals surface area contributed by atoms with E-state index in [9.17, 15) is 9.59 Å². The Bertz CT molecular complexity index is 1000. The highest BCUT2D eigenvalue weighted by Crippen LogP contribution is 2.25. The molecule has 0 unspecified atom stereocenters. The molecule has 0 aliphatic heterocycles. The molecule has 3 rings (SSSR count). The van der Waals surface area contributed by atoms with Crippen molar-refractivity contribution in [1.29, 1.82) is 0 Å². The predicted octanol–water partition coefficient (Wildman–Crippen LogP) is 3.03. The van der Waals surface area contributed by atoms with E-state index < -0.39 is 0 Å². The van der Waals surface area contributed by atoms with Crippen LogP contribution in [0.2, 0.25) is 0 Å². The summed E-state index contributed by atoms with van der Waals surface area (Å²) in [5.41, 5.74) is 2.38. The summed E-state index contributed by atoms with van der Waals surface area (Å²) in [6, 6.07) is 6.93. The van der Waals surface area contributed by atoms with Gasteiger partial charge < -0.3 is 14.4 Å². The third-order valence-electron chi connectivity index (χ3n) is 4.48. The molecule has 1 N–H and O–H groups in total. The largest absolute Gasteiger partial charge is 0.352 e. The van der Waals surface area contributed by atoms with Crippen LogP contribution in [0.4, 0.5) is 0 Å². The Labute approximate surface area is 157 Å². The summed E-state index contributed by atoms with van der Waals surface area (Å²) < 4.78 is 6.93. The molecule has 0 aliphatic carbocycles. The highest BCUT2D eigenvalue weighted by atomic mass is 16.5. The van der Waals surface area contributed by atoms with E-state index in [1.165, 1.54) is 0 Å². The van der Waals surface area contributed by atoms with Gasteiger partial charge in [0.25, 0.3) is 11.6 Å². The van der Waals surface area contributed by atoms with Crippen LogP contribution >= 0.6 is 0 Å². The number of amides is 1. The number of hydrogen-bond acceptors (Lipinski definition) is 5. The summed E-state index contributed by atoms with van der Waals surface area (Å²) in [6.07, 6.45) is 3.36. The van der Waals surface area contributed by atoms with Gasteiger partial charge in [-0.25, -0.2) is 4.98 Å². The lowest BCUT2D eigenvalue weighted by Crippen LogP contribution is -2.25. The van der Waals surface area contributed by atoms with E-state index in [-0.39, 0.29) is 17.4 Å². The lowest BCUT2D eigenvalue weighted by atomic mass is 10.0. The van der Waals surface area contributed by atoms with Gasteiger partial charge >= 0.3 is 0 Å². The van der Waals surface area contributed by atoms with E-state index in [4.69, 9.17) is 4.52 Å². The minimum absolute atomic E-state index is 0.00939. The van der Waals surface area contributed by atoms with Crippen LogP contribution < -0.4 is 10.9 Å². The van der Waals surface area contributed by atoms with E-state index in [2.05, 4.69) is 15.5 Å². The summed E-state index contributed by atoms with van der Waals surface area (Å²) in [5.74, 6) is 0.0167. The molecule has 3 aromatic rings. The van der Waals surface area contributed by atoms with Gasteiger partial charge in [0, 0.05) is 31.0 Å². The van der Waals surface area contributed by atoms with Crippen molar-refractivity contribution in [3.63, 3.8) is 0 Å². The van der Waals surface area contributed by atoms with Crippen molar-refractivity contribution in [2.75, 3.05) is 6.54 Å². The average Bonchev–Trinajstić information content (AvgIpc) is 3.03. The molecule has 0 spiro atoms. The van der Waals surface area contributed by atoms with Crippen molar-refractivity contribution in [2.45, 2.75) is 46.1 Å². The number of rotatable bonds is 7. The van der Waals surface area contributed by atoms with Gasteiger partial charge in [-0.3, -0.25) is 9.59 Å². The van der Waals surface area contributed by atoms with E-state index in [0.29, 0.717) is 35.4 Å². The monoisotopic (exact) mass is 368 g/mol. The van der Waals surface area contributed by atoms with Gasteiger partial charge in [0.1, 0.15) is 0 Å². The van der Waals surface area contributed by atoms with E-state index in [1.807, 2.05) is 26.0 Å². The van der Waals surface area contributed by atoms with Gasteiger partial charge in [-0.05, 0) is 37.8 Å². The SMILES string of the molecule is Cc1noc2nc(C(C)C)cc(C(=O)NCCCCn3ccccc3=O)c12. The van der Waals surface area contributed by atoms with Crippen LogP contribution in [0.3, 0.4) is 0 Å². The third kappa shape index (κ3) is 4.24. The summed E-state index contributed by atoms with van der Waals surface area (Å²) >= 11 is 0. The second-order valence-electron chi connectivity index (χ2n) is 6.89. The van der Waals surface area contributed by atoms with Crippen LogP contribution in [-0.4, -0.2) is 27.2 Å². The van der Waals surface area contributed by atoms with Crippen LogP contribution in [0, 0.1) is 6.92 Å². The molecule has 0 radical (unpaired) electrons. The Morgan fingerprint density at radius 1 is 1.30 bits per heavy atom. The molecule has 7 heteroatoms. The number of fused-ring (bicyclic) bond motifs is 1. The number of hydrogen-bond donors (Lipinski definition) is 1. The van der Waals surface area contributed by atoms with Gasteiger partial charge in [-0.2, -0.15) is 0 Å². The van der Waals surface area contributed by atoms with Gasteiger partial charge in [-0.15, -0.1) is 0 Å². The Balaban J connectivity index is 1.63. The van der Waals surface area contributed by atoms with Gasteiger partial charge in [-0.1, -0.05) is 25.1 Å². The van der Waals surface area contributed by atoms with Crippen molar-refractivity contribution in [2.24, 2.45) is 0 Å². The average molecular weight is 368 g/mol. The summed E-state index contributed by atoms with van der Waals surface area (Å²) in [6.45, 7) is 7.01. The first-order valence-electron chi connectivity index (χ1n) is 9.18. The third-order valence-corrected chi connectivity index (χ3v) is 4.48. The fraction of sp³-hybridized carbons (Fsp3) is 0.400. The smallest absolute Gasteiger partial charge is 0.259 e. The molecule has 3 heterocycles. The van der Waals surface area contributed by atoms with Crippen LogP contribution in [-0.2, 0) is 6.54 Å². The maximum Gasteiger partial charge on any atom is 0.259 e. The zero-order chi connectivity index (χ0) is 19.4. The van der Waals surface area contributed by atoms with Gasteiger partial charge in [0.15, 0.2) is 0 Å². The quantitative estimate of drug-likeness (QED) is 0.648. The molecule has 0 saturated heterocycles. The zero-order valence-corrected chi connectivity index (χ0v) is 15.9. The minimum Gasteiger partial charge on any atom is -0.352 e. The van der Waals surface area contributed by atoms with Crippen molar-refractivity contribution in [3.05, 3.63) is 57.8 Å². The maximum atomic E-state index is 12.7. The van der Waals surface area contributed by atoms with Crippen LogP contribution in [0.5, 0.6) is 0 Å². The first-order chi connectivity index (χ1) is 13.0. The van der Waals surface area contributed by atoms with Crippen molar-refractivity contribution in [1.82, 2.24) is 20.0 Å². The fourth-order valence-electron chi connectivity index (χ4n) is 2.94. The second kappa shape index (κ2) is 8.16. The van der Waals surface area contributed by atoms with Crippen molar-refractivity contribution in [3.8, 4) is 0 Å². The number of unbranched alkanes of at least 4 members (excludes halogenated alkanes) is 1. The van der Waals surface area contributed by atoms with Crippen LogP contribution in [0.25, 0.3) is 11.1 Å². The lowest BCUT2D eigenvalue weighted by molar-refractivity contribution is 0.0954. The summed E-state index contributed by atoms with van der Waals surface area (Å²) in [7, 11) is 0. The fourth-order valence-corrected chi connectivity index (χ4v) is 2.94. The maximum absolute atomic E-state index is 12.7. The molecule has 0 fully saturated rings. The minimum atomic E-state index is -0.160. The molecule has 0 aromatic carbocycles. The first-order valence-corrected chi connectivity index (χ1v) is 9.18. The molecule has 0 atom stereocenters. The molecule has 27 heavy (non-hydrogen) atoms.